The maximum absolute atomic E-state index is 5.37. The first-order valence-electron chi connectivity index (χ1n) is 3.40. The second-order valence-electron chi connectivity index (χ2n) is 2.43. The van der Waals surface area contributed by atoms with Crippen LogP contribution in [-0.2, 0) is 4.74 Å². The summed E-state index contributed by atoms with van der Waals surface area (Å²) in [6.45, 7) is 1.35. The van der Waals surface area contributed by atoms with Gasteiger partial charge in [-0.3, -0.25) is 5.10 Å². The molecule has 0 radical (unpaired) electrons. The van der Waals surface area contributed by atoms with E-state index < -0.39 is 0 Å². The zero-order valence-corrected chi connectivity index (χ0v) is 5.91. The Balaban J connectivity index is 1.85. The van der Waals surface area contributed by atoms with E-state index in [-0.39, 0.29) is 6.10 Å². The fourth-order valence-corrected chi connectivity index (χ4v) is 0.734. The molecular formula is C6H9N3O2. The Bertz CT molecular complexity index is 244. The number of aromatic amines is 1. The number of epoxide rings is 1. The van der Waals surface area contributed by atoms with Gasteiger partial charge in [0.1, 0.15) is 18.5 Å². The van der Waals surface area contributed by atoms with Crippen molar-refractivity contribution in [3.63, 3.8) is 0 Å². The zero-order valence-electron chi connectivity index (χ0n) is 5.91. The molecule has 1 aliphatic rings. The number of anilines is 1. The van der Waals surface area contributed by atoms with Crippen LogP contribution in [0, 0.1) is 0 Å². The van der Waals surface area contributed by atoms with Crippen molar-refractivity contribution in [3.05, 3.63) is 6.07 Å². The fraction of sp³-hybridized carbons (Fsp3) is 0.500. The molecule has 0 bridgehead atoms. The number of aromatic nitrogens is 2. The Morgan fingerprint density at radius 3 is 3.27 bits per heavy atom. The molecule has 1 atom stereocenters. The summed E-state index contributed by atoms with van der Waals surface area (Å²) in [5.74, 6) is 1.04. The second kappa shape index (κ2) is 2.43. The van der Waals surface area contributed by atoms with Crippen LogP contribution in [0.2, 0.25) is 0 Å². The van der Waals surface area contributed by atoms with E-state index in [0.29, 0.717) is 18.3 Å². The number of ether oxygens (including phenoxy) is 2. The summed E-state index contributed by atoms with van der Waals surface area (Å²) in [6, 6.07) is 1.64. The van der Waals surface area contributed by atoms with Crippen molar-refractivity contribution in [2.24, 2.45) is 0 Å². The molecule has 1 aromatic heterocycles. The van der Waals surface area contributed by atoms with E-state index in [4.69, 9.17) is 15.2 Å². The monoisotopic (exact) mass is 155 g/mol. The first-order valence-corrected chi connectivity index (χ1v) is 3.40. The van der Waals surface area contributed by atoms with E-state index in [1.807, 2.05) is 0 Å². The number of hydrogen-bond donors (Lipinski definition) is 2. The Morgan fingerprint density at radius 2 is 2.73 bits per heavy atom. The Morgan fingerprint density at radius 1 is 1.91 bits per heavy atom. The number of nitrogens with one attached hydrogen (secondary N) is 1. The van der Waals surface area contributed by atoms with Crippen LogP contribution in [-0.4, -0.2) is 29.5 Å². The molecule has 1 aliphatic heterocycles. The van der Waals surface area contributed by atoms with Crippen molar-refractivity contribution in [1.29, 1.82) is 0 Å². The quantitative estimate of drug-likeness (QED) is 0.591. The van der Waals surface area contributed by atoms with Crippen LogP contribution < -0.4 is 10.5 Å². The molecule has 0 spiro atoms. The first kappa shape index (κ1) is 6.48. The van der Waals surface area contributed by atoms with Gasteiger partial charge in [0, 0.05) is 6.07 Å². The molecule has 0 amide bonds. The van der Waals surface area contributed by atoms with Crippen LogP contribution in [0.3, 0.4) is 0 Å². The lowest BCUT2D eigenvalue weighted by Crippen LogP contribution is -2.03. The molecule has 1 unspecified atom stereocenters. The van der Waals surface area contributed by atoms with E-state index in [9.17, 15) is 0 Å². The number of nitrogens with zero attached hydrogens (tertiary/aromatic N) is 1. The highest BCUT2D eigenvalue weighted by Gasteiger charge is 2.23. The van der Waals surface area contributed by atoms with Crippen LogP contribution in [0.1, 0.15) is 0 Å². The van der Waals surface area contributed by atoms with Crippen LogP contribution >= 0.6 is 0 Å². The predicted octanol–water partition coefficient (Wildman–Crippen LogP) is -0.231. The van der Waals surface area contributed by atoms with Gasteiger partial charge >= 0.3 is 0 Å². The minimum Gasteiger partial charge on any atom is -0.474 e. The highest BCUT2D eigenvalue weighted by Crippen LogP contribution is 2.13. The number of nitrogen functional groups attached to an aromatic ring is 1. The molecule has 11 heavy (non-hydrogen) atoms. The highest BCUT2D eigenvalue weighted by atomic mass is 16.6. The standard InChI is InChI=1S/C6H9N3O2/c7-5-1-6(9-8-5)11-3-4-2-10-4/h1,4H,2-3H2,(H3,7,8,9). The van der Waals surface area contributed by atoms with Gasteiger partial charge in [0.2, 0.25) is 5.88 Å². The summed E-state index contributed by atoms with van der Waals surface area (Å²) in [6.07, 6.45) is 0.257. The van der Waals surface area contributed by atoms with Gasteiger partial charge in [0.25, 0.3) is 0 Å². The summed E-state index contributed by atoms with van der Waals surface area (Å²) in [7, 11) is 0. The van der Waals surface area contributed by atoms with Gasteiger partial charge in [-0.05, 0) is 0 Å². The van der Waals surface area contributed by atoms with Crippen molar-refractivity contribution < 1.29 is 9.47 Å². The molecule has 5 heteroatoms. The van der Waals surface area contributed by atoms with Gasteiger partial charge in [0.15, 0.2) is 0 Å². The van der Waals surface area contributed by atoms with Crippen molar-refractivity contribution >= 4 is 5.82 Å². The van der Waals surface area contributed by atoms with Gasteiger partial charge in [-0.15, -0.1) is 5.10 Å². The number of nitrogens with two attached hydrogens (primary N) is 1. The van der Waals surface area contributed by atoms with Gasteiger partial charge in [-0.25, -0.2) is 0 Å². The van der Waals surface area contributed by atoms with Gasteiger partial charge in [-0.2, -0.15) is 0 Å². The summed E-state index contributed by atoms with van der Waals surface area (Å²) in [4.78, 5) is 0. The fourth-order valence-electron chi connectivity index (χ4n) is 0.734. The number of H-pyrrole nitrogens is 1. The summed E-state index contributed by atoms with van der Waals surface area (Å²) in [5.41, 5.74) is 5.37. The SMILES string of the molecule is Nc1cc(OCC2CO2)n[nH]1. The van der Waals surface area contributed by atoms with E-state index in [2.05, 4.69) is 10.2 Å². The maximum Gasteiger partial charge on any atom is 0.234 e. The zero-order chi connectivity index (χ0) is 7.68. The van der Waals surface area contributed by atoms with Crippen LogP contribution in [0.5, 0.6) is 5.88 Å². The summed E-state index contributed by atoms with van der Waals surface area (Å²) >= 11 is 0. The van der Waals surface area contributed by atoms with Crippen molar-refractivity contribution in [2.75, 3.05) is 18.9 Å². The molecule has 1 fully saturated rings. The largest absolute Gasteiger partial charge is 0.474 e. The van der Waals surface area contributed by atoms with E-state index in [1.54, 1.807) is 6.07 Å². The Labute approximate surface area is 63.5 Å². The topological polar surface area (TPSA) is 76.5 Å². The molecule has 0 saturated carbocycles. The van der Waals surface area contributed by atoms with Crippen molar-refractivity contribution in [2.45, 2.75) is 6.10 Å². The molecule has 5 nitrogen and oxygen atoms in total. The third-order valence-corrected chi connectivity index (χ3v) is 1.39. The lowest BCUT2D eigenvalue weighted by atomic mass is 10.5. The summed E-state index contributed by atoms with van der Waals surface area (Å²) < 4.78 is 10.1. The molecular weight excluding hydrogens is 146 g/mol. The van der Waals surface area contributed by atoms with Gasteiger partial charge in [-0.1, -0.05) is 0 Å². The minimum absolute atomic E-state index is 0.257. The highest BCUT2D eigenvalue weighted by molar-refractivity contribution is 5.31. The van der Waals surface area contributed by atoms with E-state index in [1.165, 1.54) is 0 Å². The Kier molecular flexibility index (Phi) is 1.43. The van der Waals surface area contributed by atoms with Crippen LogP contribution in [0.25, 0.3) is 0 Å². The van der Waals surface area contributed by atoms with Crippen molar-refractivity contribution in [3.8, 4) is 5.88 Å². The van der Waals surface area contributed by atoms with Crippen molar-refractivity contribution in [1.82, 2.24) is 10.2 Å². The average Bonchev–Trinajstić information content (AvgIpc) is 2.72. The maximum atomic E-state index is 5.37. The third kappa shape index (κ3) is 1.62. The first-order chi connectivity index (χ1) is 5.34. The molecule has 2 rings (SSSR count). The molecule has 2 heterocycles. The van der Waals surface area contributed by atoms with Crippen LogP contribution in [0.4, 0.5) is 5.82 Å². The molecule has 3 N–H and O–H groups in total. The minimum atomic E-state index is 0.257. The third-order valence-electron chi connectivity index (χ3n) is 1.39. The molecule has 0 aliphatic carbocycles. The number of hydrogen-bond acceptors (Lipinski definition) is 4. The molecule has 1 aromatic rings. The second-order valence-corrected chi connectivity index (χ2v) is 2.43. The predicted molar refractivity (Wildman–Crippen MR) is 38.2 cm³/mol. The molecule has 1 saturated heterocycles. The lowest BCUT2D eigenvalue weighted by Gasteiger charge is -1.95. The normalized spacial score (nSPS) is 21.6. The van der Waals surface area contributed by atoms with E-state index in [0.717, 1.165) is 6.61 Å². The molecule has 60 valence electrons. The lowest BCUT2D eigenvalue weighted by molar-refractivity contribution is 0.255. The Hall–Kier alpha value is -1.23. The average molecular weight is 155 g/mol. The molecule has 0 aromatic carbocycles. The van der Waals surface area contributed by atoms with E-state index >= 15 is 0 Å². The smallest absolute Gasteiger partial charge is 0.234 e. The van der Waals surface area contributed by atoms with Gasteiger partial charge < -0.3 is 15.2 Å². The summed E-state index contributed by atoms with van der Waals surface area (Å²) in [5, 5.41) is 6.36. The van der Waals surface area contributed by atoms with Crippen LogP contribution in [0.15, 0.2) is 6.07 Å². The number of rotatable bonds is 3. The van der Waals surface area contributed by atoms with Gasteiger partial charge in [0.05, 0.1) is 6.61 Å².